The van der Waals surface area contributed by atoms with E-state index in [4.69, 9.17) is 4.74 Å². The van der Waals surface area contributed by atoms with Crippen molar-refractivity contribution >= 4 is 0 Å². The lowest BCUT2D eigenvalue weighted by Crippen LogP contribution is -2.41. The Morgan fingerprint density at radius 2 is 2.00 bits per heavy atom. The van der Waals surface area contributed by atoms with Crippen molar-refractivity contribution in [1.29, 1.82) is 0 Å². The van der Waals surface area contributed by atoms with Crippen molar-refractivity contribution in [2.24, 2.45) is 17.8 Å². The van der Waals surface area contributed by atoms with Crippen LogP contribution in [0.3, 0.4) is 0 Å². The standard InChI is InChI=1S/C16H28O2/c1-11(2)12-6-9-16(4,18-5)13-7-8-15(3,17)14(13)10-12/h10-11,13-14,17H,6-9H2,1-5H3/t13-,14+,15+,16-/m0/s1. The lowest BCUT2D eigenvalue weighted by atomic mass is 9.77. The minimum absolute atomic E-state index is 0.0850. The Balaban J connectivity index is 2.38. The minimum atomic E-state index is -0.561. The van der Waals surface area contributed by atoms with Gasteiger partial charge in [-0.25, -0.2) is 0 Å². The average Bonchev–Trinajstić information content (AvgIpc) is 2.50. The van der Waals surface area contributed by atoms with Gasteiger partial charge in [-0.3, -0.25) is 0 Å². The van der Waals surface area contributed by atoms with Gasteiger partial charge in [0.2, 0.25) is 0 Å². The third-order valence-corrected chi connectivity index (χ3v) is 5.41. The molecular weight excluding hydrogens is 224 g/mol. The van der Waals surface area contributed by atoms with E-state index in [2.05, 4.69) is 26.8 Å². The van der Waals surface area contributed by atoms with Gasteiger partial charge in [-0.2, -0.15) is 0 Å². The number of aliphatic hydroxyl groups is 1. The second kappa shape index (κ2) is 4.64. The highest BCUT2D eigenvalue weighted by molar-refractivity contribution is 5.19. The Kier molecular flexibility index (Phi) is 3.63. The molecule has 1 saturated carbocycles. The quantitative estimate of drug-likeness (QED) is 0.762. The summed E-state index contributed by atoms with van der Waals surface area (Å²) in [5.74, 6) is 1.28. The lowest BCUT2D eigenvalue weighted by molar-refractivity contribution is -0.0708. The van der Waals surface area contributed by atoms with Gasteiger partial charge < -0.3 is 9.84 Å². The van der Waals surface area contributed by atoms with Crippen LogP contribution in [-0.2, 0) is 4.74 Å². The first kappa shape index (κ1) is 14.1. The van der Waals surface area contributed by atoms with E-state index in [-0.39, 0.29) is 11.5 Å². The van der Waals surface area contributed by atoms with Crippen molar-refractivity contribution in [3.05, 3.63) is 11.6 Å². The first-order valence-corrected chi connectivity index (χ1v) is 7.28. The minimum Gasteiger partial charge on any atom is -0.390 e. The maximum absolute atomic E-state index is 10.6. The summed E-state index contributed by atoms with van der Waals surface area (Å²) in [6.45, 7) is 8.72. The highest BCUT2D eigenvalue weighted by atomic mass is 16.5. The molecule has 0 spiro atoms. The summed E-state index contributed by atoms with van der Waals surface area (Å²) in [6, 6.07) is 0. The monoisotopic (exact) mass is 252 g/mol. The molecule has 2 heteroatoms. The van der Waals surface area contributed by atoms with E-state index in [1.807, 2.05) is 14.0 Å². The molecule has 0 aromatic carbocycles. The maximum Gasteiger partial charge on any atom is 0.0688 e. The molecule has 0 amide bonds. The van der Waals surface area contributed by atoms with Crippen molar-refractivity contribution in [3.63, 3.8) is 0 Å². The van der Waals surface area contributed by atoms with Gasteiger partial charge in [0.05, 0.1) is 11.2 Å². The van der Waals surface area contributed by atoms with Crippen molar-refractivity contribution in [1.82, 2.24) is 0 Å². The number of hydrogen-bond acceptors (Lipinski definition) is 2. The fourth-order valence-electron chi connectivity index (χ4n) is 3.83. The van der Waals surface area contributed by atoms with Gasteiger partial charge in [0, 0.05) is 13.0 Å². The molecule has 0 unspecified atom stereocenters. The molecule has 0 aromatic rings. The zero-order chi connectivity index (χ0) is 13.6. The third kappa shape index (κ3) is 2.25. The number of methoxy groups -OCH3 is 1. The molecule has 0 bridgehead atoms. The SMILES string of the molecule is CO[C@@]1(C)CCC(C(C)C)=C[C@@H]2[C@@H]1CC[C@@]2(C)O. The second-order valence-corrected chi connectivity index (χ2v) is 6.94. The Hall–Kier alpha value is -0.340. The van der Waals surface area contributed by atoms with Crippen LogP contribution in [0.25, 0.3) is 0 Å². The summed E-state index contributed by atoms with van der Waals surface area (Å²) >= 11 is 0. The number of fused-ring (bicyclic) bond motifs is 1. The van der Waals surface area contributed by atoms with E-state index in [0.717, 1.165) is 25.7 Å². The van der Waals surface area contributed by atoms with E-state index in [1.165, 1.54) is 5.57 Å². The van der Waals surface area contributed by atoms with Crippen molar-refractivity contribution in [2.45, 2.75) is 64.6 Å². The molecule has 4 atom stereocenters. The van der Waals surface area contributed by atoms with E-state index in [9.17, 15) is 5.11 Å². The normalized spacial score (nSPS) is 44.7. The Labute approximate surface area is 111 Å². The number of rotatable bonds is 2. The smallest absolute Gasteiger partial charge is 0.0688 e. The zero-order valence-corrected chi connectivity index (χ0v) is 12.5. The maximum atomic E-state index is 10.6. The number of hydrogen-bond donors (Lipinski definition) is 1. The summed E-state index contributed by atoms with van der Waals surface area (Å²) in [4.78, 5) is 0. The van der Waals surface area contributed by atoms with Crippen LogP contribution in [0.4, 0.5) is 0 Å². The van der Waals surface area contributed by atoms with Crippen LogP contribution in [0.2, 0.25) is 0 Å². The predicted molar refractivity (Wildman–Crippen MR) is 74.4 cm³/mol. The highest BCUT2D eigenvalue weighted by Gasteiger charge is 2.51. The van der Waals surface area contributed by atoms with E-state index >= 15 is 0 Å². The molecule has 2 nitrogen and oxygen atoms in total. The molecule has 1 N–H and O–H groups in total. The van der Waals surface area contributed by atoms with Crippen LogP contribution in [-0.4, -0.2) is 23.4 Å². The molecule has 0 aliphatic heterocycles. The lowest BCUT2D eigenvalue weighted by Gasteiger charge is -2.37. The van der Waals surface area contributed by atoms with Gasteiger partial charge in [0.25, 0.3) is 0 Å². The van der Waals surface area contributed by atoms with Crippen LogP contribution in [0, 0.1) is 17.8 Å². The van der Waals surface area contributed by atoms with Crippen molar-refractivity contribution in [2.75, 3.05) is 7.11 Å². The van der Waals surface area contributed by atoms with Gasteiger partial charge >= 0.3 is 0 Å². The van der Waals surface area contributed by atoms with E-state index in [0.29, 0.717) is 11.8 Å². The molecule has 104 valence electrons. The fourth-order valence-corrected chi connectivity index (χ4v) is 3.83. The molecule has 2 aliphatic carbocycles. The topological polar surface area (TPSA) is 29.5 Å². The first-order chi connectivity index (χ1) is 8.30. The number of allylic oxidation sites excluding steroid dienone is 1. The van der Waals surface area contributed by atoms with Gasteiger partial charge in [0.1, 0.15) is 0 Å². The van der Waals surface area contributed by atoms with Crippen LogP contribution in [0.15, 0.2) is 11.6 Å². The molecule has 0 radical (unpaired) electrons. The molecule has 18 heavy (non-hydrogen) atoms. The van der Waals surface area contributed by atoms with Gasteiger partial charge in [-0.05, 0) is 51.4 Å². The average molecular weight is 252 g/mol. The van der Waals surface area contributed by atoms with Gasteiger partial charge in [-0.1, -0.05) is 25.5 Å². The fraction of sp³-hybridized carbons (Fsp3) is 0.875. The zero-order valence-electron chi connectivity index (χ0n) is 12.5. The van der Waals surface area contributed by atoms with Crippen LogP contribution in [0.5, 0.6) is 0 Å². The van der Waals surface area contributed by atoms with Crippen LogP contribution < -0.4 is 0 Å². The Morgan fingerprint density at radius 1 is 1.33 bits per heavy atom. The summed E-state index contributed by atoms with van der Waals surface area (Å²) in [5, 5.41) is 10.6. The highest BCUT2D eigenvalue weighted by Crippen LogP contribution is 2.51. The van der Waals surface area contributed by atoms with Crippen molar-refractivity contribution in [3.8, 4) is 0 Å². The molecule has 1 fully saturated rings. The Bertz CT molecular complexity index is 343. The summed E-state index contributed by atoms with van der Waals surface area (Å²) in [5.41, 5.74) is 0.848. The Morgan fingerprint density at radius 3 is 2.56 bits per heavy atom. The largest absolute Gasteiger partial charge is 0.390 e. The summed E-state index contributed by atoms with van der Waals surface area (Å²) in [7, 11) is 1.82. The molecule has 2 aliphatic rings. The second-order valence-electron chi connectivity index (χ2n) is 6.94. The van der Waals surface area contributed by atoms with Crippen LogP contribution in [0.1, 0.15) is 53.4 Å². The van der Waals surface area contributed by atoms with Gasteiger partial charge in [-0.15, -0.1) is 0 Å². The molecular formula is C16H28O2. The molecule has 0 aromatic heterocycles. The molecule has 0 saturated heterocycles. The third-order valence-electron chi connectivity index (χ3n) is 5.41. The van der Waals surface area contributed by atoms with Crippen molar-refractivity contribution < 1.29 is 9.84 Å². The van der Waals surface area contributed by atoms with E-state index in [1.54, 1.807) is 0 Å². The molecule has 0 heterocycles. The predicted octanol–water partition coefficient (Wildman–Crippen LogP) is 3.54. The summed E-state index contributed by atoms with van der Waals surface area (Å²) < 4.78 is 5.85. The van der Waals surface area contributed by atoms with Crippen LogP contribution >= 0.6 is 0 Å². The number of ether oxygens (including phenoxy) is 1. The molecule has 2 rings (SSSR count). The summed E-state index contributed by atoms with van der Waals surface area (Å²) in [6.07, 6.45) is 6.51. The van der Waals surface area contributed by atoms with Gasteiger partial charge in [0.15, 0.2) is 0 Å². The first-order valence-electron chi connectivity index (χ1n) is 7.28. The van der Waals surface area contributed by atoms with E-state index < -0.39 is 5.60 Å².